The minimum Gasteiger partial charge on any atom is -0.325 e. The fraction of sp³-hybridized carbons (Fsp3) is 0.450. The Hall–Kier alpha value is -2.28. The number of unbranched alkanes of at least 4 members (excludes halogenated alkanes) is 5. The Bertz CT molecular complexity index is 1110. The van der Waals surface area contributed by atoms with Gasteiger partial charge in [0.15, 0.2) is 11.5 Å². The van der Waals surface area contributed by atoms with Crippen LogP contribution in [0.2, 0.25) is 0 Å². The Labute approximate surface area is 176 Å². The highest BCUT2D eigenvalue weighted by atomic mass is 127. The number of nitrogens with zero attached hydrogens (tertiary/aromatic N) is 5. The molecule has 0 saturated carbocycles. The van der Waals surface area contributed by atoms with E-state index in [1.165, 1.54) is 28.3 Å². The lowest BCUT2D eigenvalue weighted by Crippen LogP contribution is -2.38. The first-order chi connectivity index (χ1) is 13.6. The van der Waals surface area contributed by atoms with Crippen LogP contribution in [0, 0.1) is 11.3 Å². The molecule has 3 rings (SSSR count). The number of halogens is 1. The van der Waals surface area contributed by atoms with Gasteiger partial charge in [-0.25, -0.2) is 9.78 Å². The third kappa shape index (κ3) is 4.24. The first-order valence-corrected chi connectivity index (χ1v) is 11.0. The van der Waals surface area contributed by atoms with Gasteiger partial charge in [-0.2, -0.15) is 10.2 Å². The van der Waals surface area contributed by atoms with Gasteiger partial charge in [0.1, 0.15) is 0 Å². The molecule has 0 amide bonds. The van der Waals surface area contributed by atoms with Crippen LogP contribution in [0.4, 0.5) is 0 Å². The molecule has 28 heavy (non-hydrogen) atoms. The van der Waals surface area contributed by atoms with Crippen LogP contribution in [0.5, 0.6) is 0 Å². The summed E-state index contributed by atoms with van der Waals surface area (Å²) in [5, 5.41) is 9.09. The molecule has 0 spiro atoms. The Balaban J connectivity index is 1.89. The average Bonchev–Trinajstić information content (AvgIpc) is 2.70. The Morgan fingerprint density at radius 3 is 2.50 bits per heavy atom. The lowest BCUT2D eigenvalue weighted by Gasteiger charge is -2.14. The first-order valence-electron chi connectivity index (χ1n) is 9.44. The van der Waals surface area contributed by atoms with Gasteiger partial charge >= 0.3 is 5.69 Å². The van der Waals surface area contributed by atoms with Crippen LogP contribution in [-0.4, -0.2) is 23.5 Å². The van der Waals surface area contributed by atoms with Crippen molar-refractivity contribution in [2.24, 2.45) is 7.05 Å². The van der Waals surface area contributed by atoms with E-state index in [9.17, 15) is 9.59 Å². The zero-order chi connectivity index (χ0) is 20.1. The zero-order valence-corrected chi connectivity index (χ0v) is 18.0. The highest BCUT2D eigenvalue weighted by Crippen LogP contribution is 2.20. The van der Waals surface area contributed by atoms with Crippen molar-refractivity contribution in [3.05, 3.63) is 44.6 Å². The molecule has 0 aliphatic carbocycles. The summed E-state index contributed by atoms with van der Waals surface area (Å²) in [6.45, 7) is 0.365. The van der Waals surface area contributed by atoms with Gasteiger partial charge in [0, 0.05) is 13.6 Å². The number of hydrogen-bond donors (Lipinski definition) is 0. The summed E-state index contributed by atoms with van der Waals surface area (Å²) in [6, 6.07) is 7.13. The van der Waals surface area contributed by atoms with Crippen molar-refractivity contribution in [2.45, 2.75) is 45.1 Å². The third-order valence-corrected chi connectivity index (χ3v) is 5.64. The quantitative estimate of drug-likeness (QED) is 0.209. The van der Waals surface area contributed by atoms with E-state index in [1.807, 2.05) is 0 Å². The molecular weight excluding hydrogens is 469 g/mol. The van der Waals surface area contributed by atoms with Crippen LogP contribution in [0.1, 0.15) is 44.1 Å². The van der Waals surface area contributed by atoms with Crippen molar-refractivity contribution in [1.29, 1.82) is 5.26 Å². The number of rotatable bonds is 8. The van der Waals surface area contributed by atoms with Crippen LogP contribution in [-0.2, 0) is 13.6 Å². The van der Waals surface area contributed by atoms with Gasteiger partial charge in [0.05, 0.1) is 22.7 Å². The van der Waals surface area contributed by atoms with E-state index in [4.69, 9.17) is 5.26 Å². The van der Waals surface area contributed by atoms with Crippen molar-refractivity contribution < 1.29 is 0 Å². The number of fused-ring (bicyclic) bond motifs is 2. The molecule has 0 bridgehead atoms. The van der Waals surface area contributed by atoms with Gasteiger partial charge in [-0.3, -0.25) is 9.36 Å². The number of aryl methyl sites for hydroxylation is 1. The fourth-order valence-electron chi connectivity index (χ4n) is 3.31. The lowest BCUT2D eigenvalue weighted by atomic mass is 10.1. The summed E-state index contributed by atoms with van der Waals surface area (Å²) in [6.07, 6.45) is 6.53. The molecule has 8 heteroatoms. The summed E-state index contributed by atoms with van der Waals surface area (Å²) < 4.78 is 4.03. The van der Waals surface area contributed by atoms with Crippen molar-refractivity contribution in [2.75, 3.05) is 4.43 Å². The number of benzene rings is 1. The van der Waals surface area contributed by atoms with Gasteiger partial charge in [-0.1, -0.05) is 48.3 Å². The van der Waals surface area contributed by atoms with Crippen molar-refractivity contribution in [3.8, 4) is 17.6 Å². The van der Waals surface area contributed by atoms with Crippen molar-refractivity contribution in [3.63, 3.8) is 0 Å². The monoisotopic (exact) mass is 491 g/mol. The molecule has 146 valence electrons. The molecule has 0 saturated heterocycles. The van der Waals surface area contributed by atoms with E-state index in [0.717, 1.165) is 19.3 Å². The summed E-state index contributed by atoms with van der Waals surface area (Å²) in [5.74, 6) is 0.243. The average molecular weight is 491 g/mol. The Kier molecular flexibility index (Phi) is 6.78. The van der Waals surface area contributed by atoms with E-state index in [-0.39, 0.29) is 11.5 Å². The first kappa shape index (κ1) is 20.5. The molecule has 2 aliphatic heterocycles. The molecular formula is C20H22IN5O2. The maximum absolute atomic E-state index is 12.9. The molecule has 1 aromatic rings. The fourth-order valence-corrected chi connectivity index (χ4v) is 3.84. The van der Waals surface area contributed by atoms with E-state index in [1.54, 1.807) is 29.8 Å². The number of aromatic nitrogens is 4. The second-order valence-corrected chi connectivity index (χ2v) is 7.90. The third-order valence-electron chi connectivity index (χ3n) is 4.87. The molecule has 0 radical (unpaired) electrons. The summed E-state index contributed by atoms with van der Waals surface area (Å²) in [7, 11) is 1.72. The molecule has 0 unspecified atom stereocenters. The smallest absolute Gasteiger partial charge is 0.325 e. The summed E-state index contributed by atoms with van der Waals surface area (Å²) >= 11 is 2.39. The molecule has 0 atom stereocenters. The van der Waals surface area contributed by atoms with Crippen LogP contribution < -0.4 is 11.2 Å². The van der Waals surface area contributed by atoms with Crippen LogP contribution in [0.3, 0.4) is 0 Å². The molecule has 1 aromatic carbocycles. The number of alkyl halides is 1. The van der Waals surface area contributed by atoms with Crippen molar-refractivity contribution >= 4 is 33.6 Å². The SMILES string of the molecule is Cn1c2nc(=O)n(CCCCCCCCI)c(=O)c-2nc2ccc(C#N)cc21. The summed E-state index contributed by atoms with van der Waals surface area (Å²) in [4.78, 5) is 33.8. The maximum Gasteiger partial charge on any atom is 0.352 e. The molecule has 7 nitrogen and oxygen atoms in total. The molecule has 0 N–H and O–H groups in total. The van der Waals surface area contributed by atoms with Gasteiger partial charge in [-0.15, -0.1) is 0 Å². The minimum atomic E-state index is -0.546. The van der Waals surface area contributed by atoms with E-state index in [2.05, 4.69) is 38.6 Å². The van der Waals surface area contributed by atoms with E-state index < -0.39 is 11.2 Å². The van der Waals surface area contributed by atoms with Crippen LogP contribution in [0.15, 0.2) is 27.8 Å². The van der Waals surface area contributed by atoms with Crippen LogP contribution in [0.25, 0.3) is 22.6 Å². The highest BCUT2D eigenvalue weighted by Gasteiger charge is 2.20. The van der Waals surface area contributed by atoms with Crippen LogP contribution >= 0.6 is 22.6 Å². The number of hydrogen-bond acceptors (Lipinski definition) is 5. The second kappa shape index (κ2) is 9.28. The zero-order valence-electron chi connectivity index (χ0n) is 15.8. The van der Waals surface area contributed by atoms with Gasteiger partial charge in [0.2, 0.25) is 0 Å². The maximum atomic E-state index is 12.9. The molecule has 2 aliphatic rings. The van der Waals surface area contributed by atoms with Crippen molar-refractivity contribution in [1.82, 2.24) is 19.1 Å². The largest absolute Gasteiger partial charge is 0.352 e. The topological polar surface area (TPSA) is 93.6 Å². The molecule has 2 heterocycles. The molecule has 0 aromatic heterocycles. The standard InChI is InChI=1S/C20H22IN5O2/c1-25-16-12-14(13-22)8-9-15(16)23-17-18(25)24-20(28)26(19(17)27)11-7-5-3-2-4-6-10-21/h8-9,12H,2-7,10-11H2,1H3. The lowest BCUT2D eigenvalue weighted by molar-refractivity contribution is 0.534. The normalized spacial score (nSPS) is 11.2. The Morgan fingerprint density at radius 2 is 1.79 bits per heavy atom. The van der Waals surface area contributed by atoms with E-state index >= 15 is 0 Å². The highest BCUT2D eigenvalue weighted by molar-refractivity contribution is 14.1. The second-order valence-electron chi connectivity index (χ2n) is 6.82. The molecule has 0 fully saturated rings. The number of nitriles is 1. The minimum absolute atomic E-state index is 0.182. The Morgan fingerprint density at radius 1 is 1.07 bits per heavy atom. The van der Waals surface area contributed by atoms with Gasteiger partial charge in [-0.05, 0) is 35.5 Å². The van der Waals surface area contributed by atoms with Gasteiger partial charge < -0.3 is 4.57 Å². The van der Waals surface area contributed by atoms with E-state index in [0.29, 0.717) is 23.1 Å². The summed E-state index contributed by atoms with van der Waals surface area (Å²) in [5.41, 5.74) is 0.965. The van der Waals surface area contributed by atoms with Gasteiger partial charge in [0.25, 0.3) is 5.56 Å². The predicted molar refractivity (Wildman–Crippen MR) is 117 cm³/mol. The predicted octanol–water partition coefficient (Wildman–Crippen LogP) is 3.24.